The molecule has 4 atom stereocenters. The molecule has 2 rings (SSSR count). The van der Waals surface area contributed by atoms with Gasteiger partial charge in [-0.1, -0.05) is 44.2 Å². The average Bonchev–Trinajstić information content (AvgIpc) is 2.62. The van der Waals surface area contributed by atoms with Gasteiger partial charge < -0.3 is 15.3 Å². The van der Waals surface area contributed by atoms with E-state index in [2.05, 4.69) is 0 Å². The normalized spacial score (nSPS) is 32.1. The summed E-state index contributed by atoms with van der Waals surface area (Å²) in [5.41, 5.74) is 1.12. The van der Waals surface area contributed by atoms with E-state index in [1.165, 1.54) is 0 Å². The Balaban J connectivity index is 2.23. The summed E-state index contributed by atoms with van der Waals surface area (Å²) in [5.74, 6) is 0.213. The van der Waals surface area contributed by atoms with Gasteiger partial charge in [-0.25, -0.2) is 0 Å². The minimum absolute atomic E-state index is 0.132. The first kappa shape index (κ1) is 14.5. The number of rotatable bonds is 4. The van der Waals surface area contributed by atoms with Crippen molar-refractivity contribution in [1.82, 2.24) is 4.90 Å². The van der Waals surface area contributed by atoms with Crippen molar-refractivity contribution >= 4 is 0 Å². The second-order valence-electron chi connectivity index (χ2n) is 5.62. The van der Waals surface area contributed by atoms with Crippen molar-refractivity contribution in [2.45, 2.75) is 44.7 Å². The Morgan fingerprint density at radius 2 is 1.74 bits per heavy atom. The van der Waals surface area contributed by atoms with Gasteiger partial charge in [0.05, 0.1) is 24.9 Å². The molecule has 0 aromatic heterocycles. The van der Waals surface area contributed by atoms with Gasteiger partial charge in [0.2, 0.25) is 0 Å². The highest BCUT2D eigenvalue weighted by molar-refractivity contribution is 5.16. The van der Waals surface area contributed by atoms with Crippen LogP contribution < -0.4 is 0 Å². The van der Waals surface area contributed by atoms with Gasteiger partial charge in [-0.3, -0.25) is 4.90 Å². The van der Waals surface area contributed by atoms with E-state index >= 15 is 0 Å². The first-order valence-corrected chi connectivity index (χ1v) is 6.83. The Kier molecular flexibility index (Phi) is 4.58. The average molecular weight is 265 g/mol. The van der Waals surface area contributed by atoms with Crippen LogP contribution in [0.3, 0.4) is 0 Å². The van der Waals surface area contributed by atoms with Gasteiger partial charge in [0, 0.05) is 12.6 Å². The van der Waals surface area contributed by atoms with Crippen LogP contribution in [0.4, 0.5) is 0 Å². The van der Waals surface area contributed by atoms with Crippen molar-refractivity contribution in [3.63, 3.8) is 0 Å². The molecule has 1 saturated heterocycles. The van der Waals surface area contributed by atoms with E-state index < -0.39 is 18.2 Å². The highest BCUT2D eigenvalue weighted by Crippen LogP contribution is 2.31. The molecule has 0 amide bonds. The molecule has 0 spiro atoms. The summed E-state index contributed by atoms with van der Waals surface area (Å²) in [5, 5.41) is 29.7. The van der Waals surface area contributed by atoms with Crippen molar-refractivity contribution in [3.05, 3.63) is 35.9 Å². The minimum atomic E-state index is -0.888. The number of benzene rings is 1. The van der Waals surface area contributed by atoms with E-state index in [4.69, 9.17) is 0 Å². The highest BCUT2D eigenvalue weighted by atomic mass is 16.3. The maximum atomic E-state index is 10.2. The van der Waals surface area contributed by atoms with E-state index in [9.17, 15) is 15.3 Å². The van der Waals surface area contributed by atoms with Crippen LogP contribution in [-0.4, -0.2) is 51.1 Å². The van der Waals surface area contributed by atoms with E-state index in [0.29, 0.717) is 6.54 Å². The molecule has 0 bridgehead atoms. The smallest absolute Gasteiger partial charge is 0.0991 e. The first-order chi connectivity index (χ1) is 9.06. The molecule has 4 heteroatoms. The standard InChI is InChI=1S/C15H23NO3/c1-10(2)13-15(19)14(18)12(9-17)16(13)8-11-6-4-3-5-7-11/h3-7,10,12-15,17-19H,8-9H2,1-2H3/t12-,13+,14-,15+/m1/s1. The zero-order valence-corrected chi connectivity index (χ0v) is 11.5. The predicted octanol–water partition coefficient (Wildman–Crippen LogP) is 0.609. The van der Waals surface area contributed by atoms with Gasteiger partial charge in [-0.15, -0.1) is 0 Å². The van der Waals surface area contributed by atoms with Crippen LogP contribution in [-0.2, 0) is 6.54 Å². The van der Waals surface area contributed by atoms with Gasteiger partial charge in [0.15, 0.2) is 0 Å². The van der Waals surface area contributed by atoms with Crippen molar-refractivity contribution in [2.75, 3.05) is 6.61 Å². The summed E-state index contributed by atoms with van der Waals surface area (Å²) in [7, 11) is 0. The zero-order chi connectivity index (χ0) is 14.0. The number of aliphatic hydroxyl groups excluding tert-OH is 3. The Labute approximate surface area is 114 Å². The topological polar surface area (TPSA) is 63.9 Å². The van der Waals surface area contributed by atoms with Crippen molar-refractivity contribution < 1.29 is 15.3 Å². The van der Waals surface area contributed by atoms with Gasteiger partial charge in [-0.2, -0.15) is 0 Å². The third-order valence-corrected chi connectivity index (χ3v) is 3.98. The SMILES string of the molecule is CC(C)[C@H]1[C@H](O)[C@H](O)[C@@H](CO)N1Cc1ccccc1. The Hall–Kier alpha value is -0.940. The lowest BCUT2D eigenvalue weighted by molar-refractivity contribution is 0.0145. The molecule has 1 aromatic rings. The lowest BCUT2D eigenvalue weighted by Crippen LogP contribution is -2.43. The molecule has 1 fully saturated rings. The lowest BCUT2D eigenvalue weighted by atomic mass is 9.98. The van der Waals surface area contributed by atoms with Crippen molar-refractivity contribution in [3.8, 4) is 0 Å². The summed E-state index contributed by atoms with van der Waals surface area (Å²) < 4.78 is 0. The molecule has 0 saturated carbocycles. The largest absolute Gasteiger partial charge is 0.395 e. The van der Waals surface area contributed by atoms with Crippen LogP contribution in [0.25, 0.3) is 0 Å². The fraction of sp³-hybridized carbons (Fsp3) is 0.600. The van der Waals surface area contributed by atoms with E-state index in [-0.39, 0.29) is 18.6 Å². The molecule has 1 aliphatic rings. The second-order valence-corrected chi connectivity index (χ2v) is 5.62. The van der Waals surface area contributed by atoms with E-state index in [1.807, 2.05) is 49.1 Å². The number of likely N-dealkylation sites (tertiary alicyclic amines) is 1. The number of aliphatic hydroxyl groups is 3. The molecular weight excluding hydrogens is 242 g/mol. The molecular formula is C15H23NO3. The Morgan fingerprint density at radius 1 is 1.11 bits per heavy atom. The van der Waals surface area contributed by atoms with Crippen LogP contribution in [0.2, 0.25) is 0 Å². The number of hydrogen-bond donors (Lipinski definition) is 3. The van der Waals surface area contributed by atoms with Gasteiger partial charge in [-0.05, 0) is 11.5 Å². The van der Waals surface area contributed by atoms with Crippen molar-refractivity contribution in [1.29, 1.82) is 0 Å². The highest BCUT2D eigenvalue weighted by Gasteiger charge is 2.48. The quantitative estimate of drug-likeness (QED) is 0.746. The van der Waals surface area contributed by atoms with E-state index in [0.717, 1.165) is 5.56 Å². The molecule has 1 aliphatic heterocycles. The summed E-state index contributed by atoms with van der Waals surface area (Å²) in [4.78, 5) is 2.02. The zero-order valence-electron chi connectivity index (χ0n) is 11.5. The van der Waals surface area contributed by atoms with Crippen LogP contribution in [0.1, 0.15) is 19.4 Å². The summed E-state index contributed by atoms with van der Waals surface area (Å²) in [6, 6.07) is 9.40. The Bertz CT molecular complexity index is 396. The molecule has 0 radical (unpaired) electrons. The summed E-state index contributed by atoms with van der Waals surface area (Å²) in [6.45, 7) is 4.54. The number of nitrogens with zero attached hydrogens (tertiary/aromatic N) is 1. The third-order valence-electron chi connectivity index (χ3n) is 3.98. The van der Waals surface area contributed by atoms with Crippen LogP contribution in [0.15, 0.2) is 30.3 Å². The van der Waals surface area contributed by atoms with E-state index in [1.54, 1.807) is 0 Å². The van der Waals surface area contributed by atoms with Gasteiger partial charge >= 0.3 is 0 Å². The molecule has 0 unspecified atom stereocenters. The lowest BCUT2D eigenvalue weighted by Gasteiger charge is -2.32. The van der Waals surface area contributed by atoms with Gasteiger partial charge in [0.1, 0.15) is 0 Å². The molecule has 19 heavy (non-hydrogen) atoms. The third kappa shape index (κ3) is 2.82. The molecule has 0 aliphatic carbocycles. The van der Waals surface area contributed by atoms with Crippen LogP contribution >= 0.6 is 0 Å². The van der Waals surface area contributed by atoms with Crippen LogP contribution in [0.5, 0.6) is 0 Å². The second kappa shape index (κ2) is 6.01. The number of hydrogen-bond acceptors (Lipinski definition) is 4. The monoisotopic (exact) mass is 265 g/mol. The van der Waals surface area contributed by atoms with Crippen LogP contribution in [0, 0.1) is 5.92 Å². The fourth-order valence-corrected chi connectivity index (χ4v) is 3.05. The van der Waals surface area contributed by atoms with Gasteiger partial charge in [0.25, 0.3) is 0 Å². The summed E-state index contributed by atoms with van der Waals surface area (Å²) >= 11 is 0. The molecule has 106 valence electrons. The minimum Gasteiger partial charge on any atom is -0.395 e. The predicted molar refractivity (Wildman–Crippen MR) is 73.5 cm³/mol. The maximum absolute atomic E-state index is 10.2. The summed E-state index contributed by atoms with van der Waals surface area (Å²) in [6.07, 6.45) is -1.69. The Morgan fingerprint density at radius 3 is 2.26 bits per heavy atom. The maximum Gasteiger partial charge on any atom is 0.0991 e. The molecule has 1 aromatic carbocycles. The first-order valence-electron chi connectivity index (χ1n) is 6.83. The fourth-order valence-electron chi connectivity index (χ4n) is 3.05. The molecule has 3 N–H and O–H groups in total. The molecule has 4 nitrogen and oxygen atoms in total. The van der Waals surface area contributed by atoms with Crippen molar-refractivity contribution in [2.24, 2.45) is 5.92 Å². The molecule has 1 heterocycles.